The van der Waals surface area contributed by atoms with Crippen LogP contribution in [0.2, 0.25) is 0 Å². The van der Waals surface area contributed by atoms with E-state index in [1.165, 1.54) is 13.2 Å². The first-order chi connectivity index (χ1) is 13.5. The number of methoxy groups -OCH3 is 1. The molecule has 2 atom stereocenters. The molecule has 4 rings (SSSR count). The summed E-state index contributed by atoms with van der Waals surface area (Å²) in [6.45, 7) is 0.865. The number of halogens is 1. The van der Waals surface area contributed by atoms with E-state index < -0.39 is 0 Å². The highest BCUT2D eigenvalue weighted by Crippen LogP contribution is 2.30. The number of nitrogens with zero attached hydrogens (tertiary/aromatic N) is 2. The number of likely N-dealkylation sites (tertiary alicyclic amines) is 1. The SMILES string of the molecule is COC1=C(F)CCC(C(=O)N[C@@H]2CCN(C)[C@@H](c3nc4ccccc4[nH]3)C2)=C1. The molecular weight excluding hydrogens is 359 g/mol. The standard InChI is InChI=1S/C21H25FN4O2/c1-26-10-9-14(23-21(27)13-7-8-15(22)19(11-13)28-2)12-18(26)20-24-16-5-3-4-6-17(16)25-20/h3-6,11,14,18H,7-10,12H2,1-2H3,(H,23,27)(H,24,25)/t14-,18-/m1/s1. The number of imidazole rings is 1. The van der Waals surface area contributed by atoms with E-state index in [0.29, 0.717) is 12.0 Å². The van der Waals surface area contributed by atoms with Crippen molar-refractivity contribution in [3.63, 3.8) is 0 Å². The second kappa shape index (κ2) is 7.75. The fourth-order valence-electron chi connectivity index (χ4n) is 3.97. The number of rotatable bonds is 4. The van der Waals surface area contributed by atoms with E-state index in [4.69, 9.17) is 9.72 Å². The molecule has 6 nitrogen and oxygen atoms in total. The van der Waals surface area contributed by atoms with Crippen molar-refractivity contribution in [2.24, 2.45) is 0 Å². The molecule has 1 saturated heterocycles. The lowest BCUT2D eigenvalue weighted by Gasteiger charge is -2.36. The van der Waals surface area contributed by atoms with Crippen LogP contribution in [-0.2, 0) is 9.53 Å². The Bertz CT molecular complexity index is 916. The van der Waals surface area contributed by atoms with Gasteiger partial charge < -0.3 is 15.0 Å². The monoisotopic (exact) mass is 384 g/mol. The van der Waals surface area contributed by atoms with Gasteiger partial charge in [-0.25, -0.2) is 9.37 Å². The topological polar surface area (TPSA) is 70.2 Å². The number of amides is 1. The second-order valence-electron chi connectivity index (χ2n) is 7.47. The first-order valence-corrected chi connectivity index (χ1v) is 9.64. The lowest BCUT2D eigenvalue weighted by atomic mass is 9.95. The number of hydrogen-bond donors (Lipinski definition) is 2. The molecule has 1 amide bonds. The van der Waals surface area contributed by atoms with Crippen molar-refractivity contribution in [2.75, 3.05) is 20.7 Å². The van der Waals surface area contributed by atoms with E-state index in [1.807, 2.05) is 24.3 Å². The Morgan fingerprint density at radius 3 is 2.96 bits per heavy atom. The van der Waals surface area contributed by atoms with Crippen LogP contribution in [-0.4, -0.2) is 47.5 Å². The molecule has 7 heteroatoms. The molecule has 0 unspecified atom stereocenters. The highest BCUT2D eigenvalue weighted by molar-refractivity contribution is 5.94. The first-order valence-electron chi connectivity index (χ1n) is 9.64. The van der Waals surface area contributed by atoms with Crippen LogP contribution >= 0.6 is 0 Å². The molecule has 1 aromatic carbocycles. The Hall–Kier alpha value is -2.67. The van der Waals surface area contributed by atoms with Crippen LogP contribution in [0.25, 0.3) is 11.0 Å². The fraction of sp³-hybridized carbons (Fsp3) is 0.429. The number of piperidine rings is 1. The van der Waals surface area contributed by atoms with Crippen LogP contribution in [0.5, 0.6) is 0 Å². The number of nitrogens with one attached hydrogen (secondary N) is 2. The molecule has 0 spiro atoms. The zero-order valence-corrected chi connectivity index (χ0v) is 16.2. The number of benzene rings is 1. The fourth-order valence-corrected chi connectivity index (χ4v) is 3.97. The van der Waals surface area contributed by atoms with Crippen molar-refractivity contribution >= 4 is 16.9 Å². The van der Waals surface area contributed by atoms with E-state index in [0.717, 1.165) is 36.2 Å². The van der Waals surface area contributed by atoms with E-state index >= 15 is 0 Å². The zero-order chi connectivity index (χ0) is 19.7. The molecule has 1 aliphatic carbocycles. The lowest BCUT2D eigenvalue weighted by molar-refractivity contribution is -0.118. The largest absolute Gasteiger partial charge is 0.494 e. The van der Waals surface area contributed by atoms with Gasteiger partial charge in [0.1, 0.15) is 11.7 Å². The third kappa shape index (κ3) is 3.67. The van der Waals surface area contributed by atoms with Gasteiger partial charge >= 0.3 is 0 Å². The van der Waals surface area contributed by atoms with E-state index in [1.54, 1.807) is 0 Å². The summed E-state index contributed by atoms with van der Waals surface area (Å²) in [5, 5.41) is 3.13. The molecule has 0 bridgehead atoms. The van der Waals surface area contributed by atoms with Crippen molar-refractivity contribution in [3.8, 4) is 0 Å². The number of H-pyrrole nitrogens is 1. The lowest BCUT2D eigenvalue weighted by Crippen LogP contribution is -2.45. The smallest absolute Gasteiger partial charge is 0.247 e. The number of aromatic amines is 1. The van der Waals surface area contributed by atoms with Gasteiger partial charge in [0, 0.05) is 24.6 Å². The maximum atomic E-state index is 13.7. The highest BCUT2D eigenvalue weighted by Gasteiger charge is 2.31. The molecule has 2 aliphatic rings. The summed E-state index contributed by atoms with van der Waals surface area (Å²) in [5.41, 5.74) is 2.54. The maximum absolute atomic E-state index is 13.7. The van der Waals surface area contributed by atoms with Crippen LogP contribution in [0.1, 0.15) is 37.5 Å². The first kappa shape index (κ1) is 18.7. The van der Waals surface area contributed by atoms with Crippen molar-refractivity contribution < 1.29 is 13.9 Å². The molecule has 0 saturated carbocycles. The summed E-state index contributed by atoms with van der Waals surface area (Å²) in [4.78, 5) is 23.1. The molecule has 1 fully saturated rings. The number of allylic oxidation sites excluding steroid dienone is 2. The van der Waals surface area contributed by atoms with Crippen molar-refractivity contribution in [1.82, 2.24) is 20.2 Å². The average Bonchev–Trinajstić information content (AvgIpc) is 3.13. The van der Waals surface area contributed by atoms with Gasteiger partial charge in [-0.05, 0) is 44.5 Å². The Morgan fingerprint density at radius 1 is 1.36 bits per heavy atom. The van der Waals surface area contributed by atoms with Gasteiger partial charge in [0.2, 0.25) is 5.91 Å². The maximum Gasteiger partial charge on any atom is 0.247 e. The molecule has 1 aromatic heterocycles. The van der Waals surface area contributed by atoms with Gasteiger partial charge in [-0.1, -0.05) is 12.1 Å². The Morgan fingerprint density at radius 2 is 2.18 bits per heavy atom. The molecule has 148 valence electrons. The van der Waals surface area contributed by atoms with Crippen LogP contribution in [0, 0.1) is 0 Å². The number of carbonyl (C=O) groups is 1. The zero-order valence-electron chi connectivity index (χ0n) is 16.2. The van der Waals surface area contributed by atoms with Crippen LogP contribution < -0.4 is 5.32 Å². The van der Waals surface area contributed by atoms with Crippen LogP contribution in [0.3, 0.4) is 0 Å². The van der Waals surface area contributed by atoms with Gasteiger partial charge in [0.05, 0.1) is 24.2 Å². The van der Waals surface area contributed by atoms with Gasteiger partial charge in [-0.3, -0.25) is 9.69 Å². The van der Waals surface area contributed by atoms with Gasteiger partial charge in [0.25, 0.3) is 0 Å². The summed E-state index contributed by atoms with van der Waals surface area (Å²) in [7, 11) is 3.50. The van der Waals surface area contributed by atoms with E-state index in [9.17, 15) is 9.18 Å². The number of aromatic nitrogens is 2. The molecule has 2 heterocycles. The van der Waals surface area contributed by atoms with Gasteiger partial charge in [-0.15, -0.1) is 0 Å². The Kier molecular flexibility index (Phi) is 5.17. The van der Waals surface area contributed by atoms with E-state index in [-0.39, 0.29) is 36.0 Å². The number of ether oxygens (including phenoxy) is 1. The molecule has 2 aromatic rings. The molecule has 0 radical (unpaired) electrons. The van der Waals surface area contributed by atoms with Crippen LogP contribution in [0.15, 0.2) is 47.5 Å². The van der Waals surface area contributed by atoms with Crippen molar-refractivity contribution in [3.05, 3.63) is 53.3 Å². The Balaban J connectivity index is 1.47. The van der Waals surface area contributed by atoms with Gasteiger partial charge in [-0.2, -0.15) is 0 Å². The molecule has 1 aliphatic heterocycles. The number of hydrogen-bond acceptors (Lipinski definition) is 4. The second-order valence-corrected chi connectivity index (χ2v) is 7.47. The summed E-state index contributed by atoms with van der Waals surface area (Å²) >= 11 is 0. The summed E-state index contributed by atoms with van der Waals surface area (Å²) in [5.74, 6) is 0.634. The highest BCUT2D eigenvalue weighted by atomic mass is 19.1. The van der Waals surface area contributed by atoms with Crippen LogP contribution in [0.4, 0.5) is 4.39 Å². The number of fused-ring (bicyclic) bond motifs is 1. The third-order valence-corrected chi connectivity index (χ3v) is 5.63. The predicted molar refractivity (Wildman–Crippen MR) is 105 cm³/mol. The minimum atomic E-state index is -0.303. The summed E-state index contributed by atoms with van der Waals surface area (Å²) < 4.78 is 18.7. The minimum Gasteiger partial charge on any atom is -0.494 e. The van der Waals surface area contributed by atoms with E-state index in [2.05, 4.69) is 22.2 Å². The Labute approximate surface area is 163 Å². The van der Waals surface area contributed by atoms with Gasteiger partial charge in [0.15, 0.2) is 5.76 Å². The predicted octanol–water partition coefficient (Wildman–Crippen LogP) is 3.36. The molecule has 2 N–H and O–H groups in total. The van der Waals surface area contributed by atoms with Crippen molar-refractivity contribution in [2.45, 2.75) is 37.8 Å². The number of para-hydroxylation sites is 2. The third-order valence-electron chi connectivity index (χ3n) is 5.63. The summed E-state index contributed by atoms with van der Waals surface area (Å²) in [6, 6.07) is 8.13. The summed E-state index contributed by atoms with van der Waals surface area (Å²) in [6.07, 6.45) is 3.76. The molecular formula is C21H25FN4O2. The molecule has 28 heavy (non-hydrogen) atoms. The van der Waals surface area contributed by atoms with Crippen molar-refractivity contribution in [1.29, 1.82) is 0 Å². The number of carbonyl (C=O) groups excluding carboxylic acids is 1. The quantitative estimate of drug-likeness (QED) is 0.848. The average molecular weight is 384 g/mol. The normalized spacial score (nSPS) is 23.6. The minimum absolute atomic E-state index is 0.0459.